The highest BCUT2D eigenvalue weighted by Gasteiger charge is 2.27. The first-order chi connectivity index (χ1) is 11.4. The second-order valence-corrected chi connectivity index (χ2v) is 6.49. The van der Waals surface area contributed by atoms with Gasteiger partial charge in [0.2, 0.25) is 0 Å². The molecule has 114 valence electrons. The lowest BCUT2D eigenvalue weighted by atomic mass is 9.98. The molecule has 4 heteroatoms. The molecule has 0 aliphatic heterocycles. The molecule has 0 bridgehead atoms. The molecule has 0 radical (unpaired) electrons. The molecular formula is C19H18N4. The van der Waals surface area contributed by atoms with Crippen LogP contribution in [0.15, 0.2) is 42.9 Å². The molecule has 23 heavy (non-hydrogen) atoms. The zero-order chi connectivity index (χ0) is 15.2. The van der Waals surface area contributed by atoms with Gasteiger partial charge in [-0.3, -0.25) is 0 Å². The van der Waals surface area contributed by atoms with Crippen LogP contribution in [0.2, 0.25) is 0 Å². The Hall–Kier alpha value is -2.49. The summed E-state index contributed by atoms with van der Waals surface area (Å²) in [7, 11) is 0. The Morgan fingerprint density at radius 1 is 1.17 bits per heavy atom. The molecule has 3 heterocycles. The van der Waals surface area contributed by atoms with Gasteiger partial charge in [0, 0.05) is 30.1 Å². The number of allylic oxidation sites excluding steroid dienone is 1. The molecule has 4 nitrogen and oxygen atoms in total. The van der Waals surface area contributed by atoms with Crippen molar-refractivity contribution >= 4 is 11.1 Å². The molecule has 3 aromatic rings. The molecule has 0 atom stereocenters. The van der Waals surface area contributed by atoms with Crippen LogP contribution in [0, 0.1) is 0 Å². The van der Waals surface area contributed by atoms with Crippen LogP contribution < -0.4 is 0 Å². The van der Waals surface area contributed by atoms with Crippen LogP contribution in [0.3, 0.4) is 0 Å². The van der Waals surface area contributed by atoms with E-state index in [-0.39, 0.29) is 0 Å². The number of nitrogens with zero attached hydrogens (tertiary/aromatic N) is 4. The van der Waals surface area contributed by atoms with Gasteiger partial charge in [0.15, 0.2) is 0 Å². The summed E-state index contributed by atoms with van der Waals surface area (Å²) in [5, 5.41) is 4.28. The molecule has 0 N–H and O–H groups in total. The molecule has 5 rings (SSSR count). The molecule has 1 saturated carbocycles. The minimum Gasteiger partial charge on any atom is -0.241 e. The summed E-state index contributed by atoms with van der Waals surface area (Å²) in [5.41, 5.74) is 6.03. The summed E-state index contributed by atoms with van der Waals surface area (Å²) in [6, 6.07) is 6.37. The molecule has 2 aliphatic rings. The van der Waals surface area contributed by atoms with E-state index in [0.717, 1.165) is 30.6 Å². The van der Waals surface area contributed by atoms with Crippen molar-refractivity contribution in [2.24, 2.45) is 0 Å². The first kappa shape index (κ1) is 13.0. The van der Waals surface area contributed by atoms with E-state index < -0.39 is 0 Å². The molecule has 0 aromatic carbocycles. The third kappa shape index (κ3) is 2.25. The lowest BCUT2D eigenvalue weighted by Gasteiger charge is -2.12. The van der Waals surface area contributed by atoms with Gasteiger partial charge in [-0.25, -0.2) is 14.5 Å². The number of pyridine rings is 1. The first-order valence-electron chi connectivity index (χ1n) is 8.38. The van der Waals surface area contributed by atoms with Crippen molar-refractivity contribution in [3.63, 3.8) is 0 Å². The average Bonchev–Trinajstić information content (AvgIpc) is 3.35. The van der Waals surface area contributed by atoms with Gasteiger partial charge < -0.3 is 0 Å². The zero-order valence-corrected chi connectivity index (χ0v) is 12.9. The van der Waals surface area contributed by atoms with Gasteiger partial charge in [0.05, 0.1) is 11.2 Å². The number of rotatable bonds is 2. The predicted octanol–water partition coefficient (Wildman–Crippen LogP) is 3.77. The third-order valence-electron chi connectivity index (χ3n) is 4.80. The van der Waals surface area contributed by atoms with Crippen LogP contribution in [0.25, 0.3) is 11.1 Å². The van der Waals surface area contributed by atoms with Crippen molar-refractivity contribution < 1.29 is 0 Å². The predicted molar refractivity (Wildman–Crippen MR) is 89.2 cm³/mol. The smallest absolute Gasteiger partial charge is 0.131 e. The fraction of sp³-hybridized carbons (Fsp3) is 0.316. The van der Waals surface area contributed by atoms with Gasteiger partial charge in [-0.1, -0.05) is 6.08 Å². The van der Waals surface area contributed by atoms with Gasteiger partial charge in [0.1, 0.15) is 5.82 Å². The number of aryl methyl sites for hydroxylation is 1. The van der Waals surface area contributed by atoms with E-state index >= 15 is 0 Å². The van der Waals surface area contributed by atoms with Crippen LogP contribution >= 0.6 is 0 Å². The molecule has 0 unspecified atom stereocenters. The first-order valence-corrected chi connectivity index (χ1v) is 8.38. The molecular weight excluding hydrogens is 284 g/mol. The molecule has 0 amide bonds. The van der Waals surface area contributed by atoms with E-state index in [0.29, 0.717) is 5.92 Å². The van der Waals surface area contributed by atoms with E-state index in [2.05, 4.69) is 28.3 Å². The largest absolute Gasteiger partial charge is 0.241 e. The Bertz CT molecular complexity index is 918. The maximum Gasteiger partial charge on any atom is 0.131 e. The van der Waals surface area contributed by atoms with E-state index in [1.165, 1.54) is 35.2 Å². The highest BCUT2D eigenvalue weighted by molar-refractivity contribution is 5.82. The third-order valence-corrected chi connectivity index (χ3v) is 4.80. The monoisotopic (exact) mass is 302 g/mol. The van der Waals surface area contributed by atoms with Crippen LogP contribution in [-0.2, 0) is 6.42 Å². The second-order valence-electron chi connectivity index (χ2n) is 6.49. The van der Waals surface area contributed by atoms with Crippen molar-refractivity contribution in [1.82, 2.24) is 19.6 Å². The quantitative estimate of drug-likeness (QED) is 0.723. The summed E-state index contributed by atoms with van der Waals surface area (Å²) in [5.74, 6) is 1.66. The number of hydrogen-bond acceptors (Lipinski definition) is 3. The lowest BCUT2D eigenvalue weighted by Crippen LogP contribution is -2.03. The normalized spacial score (nSPS) is 17.7. The average molecular weight is 302 g/mol. The Kier molecular flexibility index (Phi) is 2.83. The standard InChI is InChI=1S/C19H18N4/c1-2-4-18-17(12-20-19(22-18)13-5-6-13)16(3-1)14-8-10-23-15(11-14)7-9-21-23/h3,7-13H,1-2,4-6H2. The van der Waals surface area contributed by atoms with Gasteiger partial charge >= 0.3 is 0 Å². The summed E-state index contributed by atoms with van der Waals surface area (Å²) in [4.78, 5) is 9.55. The number of fused-ring (bicyclic) bond motifs is 2. The number of hydrogen-bond donors (Lipinski definition) is 0. The summed E-state index contributed by atoms with van der Waals surface area (Å²) in [6.07, 6.45) is 14.0. The van der Waals surface area contributed by atoms with Crippen molar-refractivity contribution in [2.45, 2.75) is 38.0 Å². The van der Waals surface area contributed by atoms with Crippen LogP contribution in [0.5, 0.6) is 0 Å². The fourth-order valence-electron chi connectivity index (χ4n) is 3.37. The minimum absolute atomic E-state index is 0.610. The fourth-order valence-corrected chi connectivity index (χ4v) is 3.37. The van der Waals surface area contributed by atoms with Gasteiger partial charge in [-0.05, 0) is 61.4 Å². The van der Waals surface area contributed by atoms with Crippen molar-refractivity contribution in [2.75, 3.05) is 0 Å². The Balaban J connectivity index is 1.63. The second kappa shape index (κ2) is 5.01. The van der Waals surface area contributed by atoms with Gasteiger partial charge in [0.25, 0.3) is 0 Å². The van der Waals surface area contributed by atoms with E-state index in [1.807, 2.05) is 29.2 Å². The van der Waals surface area contributed by atoms with E-state index in [4.69, 9.17) is 4.98 Å². The summed E-state index contributed by atoms with van der Waals surface area (Å²) < 4.78 is 1.90. The minimum atomic E-state index is 0.610. The van der Waals surface area contributed by atoms with Gasteiger partial charge in [-0.15, -0.1) is 0 Å². The Morgan fingerprint density at radius 2 is 2.13 bits per heavy atom. The Labute approximate surface area is 134 Å². The maximum atomic E-state index is 4.89. The SMILES string of the molecule is C1=C(c2ccn3nccc3c2)c2cnc(C3CC3)nc2CCC1. The highest BCUT2D eigenvalue weighted by atomic mass is 15.2. The molecule has 0 spiro atoms. The van der Waals surface area contributed by atoms with Crippen LogP contribution in [0.1, 0.15) is 54.2 Å². The maximum absolute atomic E-state index is 4.89. The van der Waals surface area contributed by atoms with Crippen molar-refractivity contribution in [3.05, 3.63) is 65.5 Å². The van der Waals surface area contributed by atoms with Crippen LogP contribution in [-0.4, -0.2) is 19.6 Å². The van der Waals surface area contributed by atoms with E-state index in [9.17, 15) is 0 Å². The van der Waals surface area contributed by atoms with E-state index in [1.54, 1.807) is 0 Å². The topological polar surface area (TPSA) is 43.1 Å². The Morgan fingerprint density at radius 3 is 3.04 bits per heavy atom. The molecule has 2 aliphatic carbocycles. The summed E-state index contributed by atoms with van der Waals surface area (Å²) >= 11 is 0. The van der Waals surface area contributed by atoms with Crippen molar-refractivity contribution in [3.8, 4) is 0 Å². The lowest BCUT2D eigenvalue weighted by molar-refractivity contribution is 0.797. The molecule has 0 saturated heterocycles. The molecule has 3 aromatic heterocycles. The summed E-state index contributed by atoms with van der Waals surface area (Å²) in [6.45, 7) is 0. The van der Waals surface area contributed by atoms with Crippen molar-refractivity contribution in [1.29, 1.82) is 0 Å². The van der Waals surface area contributed by atoms with Crippen LogP contribution in [0.4, 0.5) is 0 Å². The van der Waals surface area contributed by atoms with Gasteiger partial charge in [-0.2, -0.15) is 5.10 Å². The zero-order valence-electron chi connectivity index (χ0n) is 12.9. The highest BCUT2D eigenvalue weighted by Crippen LogP contribution is 2.39. The molecule has 1 fully saturated rings. The number of aromatic nitrogens is 4.